The standard InChI is InChI=1S/C17H11Cl3N2O3S/c1-26(24,25)9-4-5-11(12(18)7-9)17(23)22-16-14(20)8-13(19)10-3-2-6-21-15(10)16/h2-8H,1H3,(H,22,23). The van der Waals surface area contributed by atoms with Crippen molar-refractivity contribution in [1.82, 2.24) is 4.98 Å². The number of amides is 1. The largest absolute Gasteiger partial charge is 0.319 e. The average Bonchev–Trinajstić information content (AvgIpc) is 2.57. The number of rotatable bonds is 3. The Hall–Kier alpha value is -1.86. The minimum atomic E-state index is -3.43. The van der Waals surface area contributed by atoms with Gasteiger partial charge in [0.05, 0.1) is 36.7 Å². The fourth-order valence-corrected chi connectivity index (χ4v) is 3.92. The van der Waals surface area contributed by atoms with Crippen LogP contribution >= 0.6 is 34.8 Å². The Morgan fingerprint density at radius 2 is 1.77 bits per heavy atom. The molecule has 26 heavy (non-hydrogen) atoms. The molecule has 9 heteroatoms. The Bertz CT molecular complexity index is 1150. The van der Waals surface area contributed by atoms with Crippen LogP contribution in [-0.2, 0) is 9.84 Å². The van der Waals surface area contributed by atoms with Gasteiger partial charge < -0.3 is 5.32 Å². The van der Waals surface area contributed by atoms with Crippen LogP contribution in [0.5, 0.6) is 0 Å². The van der Waals surface area contributed by atoms with Crippen LogP contribution in [0.2, 0.25) is 15.1 Å². The molecule has 0 saturated carbocycles. The van der Waals surface area contributed by atoms with Gasteiger partial charge in [0.25, 0.3) is 5.91 Å². The highest BCUT2D eigenvalue weighted by Gasteiger charge is 2.18. The van der Waals surface area contributed by atoms with E-state index in [9.17, 15) is 13.2 Å². The van der Waals surface area contributed by atoms with Crippen LogP contribution in [0.4, 0.5) is 5.69 Å². The minimum Gasteiger partial charge on any atom is -0.319 e. The molecular formula is C17H11Cl3N2O3S. The molecule has 0 unspecified atom stereocenters. The maximum absolute atomic E-state index is 12.6. The summed E-state index contributed by atoms with van der Waals surface area (Å²) in [6.45, 7) is 0. The van der Waals surface area contributed by atoms with E-state index in [1.54, 1.807) is 18.3 Å². The first-order valence-electron chi connectivity index (χ1n) is 7.22. The maximum Gasteiger partial charge on any atom is 0.257 e. The zero-order valence-electron chi connectivity index (χ0n) is 13.3. The van der Waals surface area contributed by atoms with Crippen LogP contribution in [0, 0.1) is 0 Å². The number of hydrogen-bond donors (Lipinski definition) is 1. The number of aromatic nitrogens is 1. The van der Waals surface area contributed by atoms with Crippen molar-refractivity contribution in [3.8, 4) is 0 Å². The second-order valence-electron chi connectivity index (χ2n) is 5.48. The molecule has 1 heterocycles. The van der Waals surface area contributed by atoms with Gasteiger partial charge in [-0.3, -0.25) is 9.78 Å². The van der Waals surface area contributed by atoms with Gasteiger partial charge >= 0.3 is 0 Å². The number of anilines is 1. The lowest BCUT2D eigenvalue weighted by atomic mass is 10.1. The first kappa shape index (κ1) is 18.9. The van der Waals surface area contributed by atoms with Crippen molar-refractivity contribution in [2.45, 2.75) is 4.90 Å². The number of halogens is 3. The maximum atomic E-state index is 12.6. The third-order valence-electron chi connectivity index (χ3n) is 3.65. The molecule has 0 bridgehead atoms. The summed E-state index contributed by atoms with van der Waals surface area (Å²) in [5, 5.41) is 3.94. The van der Waals surface area contributed by atoms with Gasteiger partial charge in [0.1, 0.15) is 0 Å². The molecule has 3 rings (SSSR count). The number of nitrogens with one attached hydrogen (secondary N) is 1. The normalized spacial score (nSPS) is 11.5. The Balaban J connectivity index is 2.03. The van der Waals surface area contributed by atoms with E-state index >= 15 is 0 Å². The smallest absolute Gasteiger partial charge is 0.257 e. The van der Waals surface area contributed by atoms with E-state index < -0.39 is 15.7 Å². The van der Waals surface area contributed by atoms with Crippen molar-refractivity contribution >= 4 is 67.1 Å². The molecule has 1 N–H and O–H groups in total. The molecule has 0 aliphatic rings. The monoisotopic (exact) mass is 428 g/mol. The Morgan fingerprint density at radius 3 is 2.42 bits per heavy atom. The van der Waals surface area contributed by atoms with Gasteiger partial charge in [0, 0.05) is 17.8 Å². The van der Waals surface area contributed by atoms with Crippen LogP contribution < -0.4 is 5.32 Å². The van der Waals surface area contributed by atoms with Gasteiger partial charge in [-0.05, 0) is 36.4 Å². The number of benzene rings is 2. The minimum absolute atomic E-state index is 0.00720. The van der Waals surface area contributed by atoms with Gasteiger partial charge in [-0.15, -0.1) is 0 Å². The number of carbonyl (C=O) groups is 1. The lowest BCUT2D eigenvalue weighted by Gasteiger charge is -2.12. The number of hydrogen-bond acceptors (Lipinski definition) is 4. The van der Waals surface area contributed by atoms with Gasteiger partial charge in [0.15, 0.2) is 9.84 Å². The van der Waals surface area contributed by atoms with Gasteiger partial charge in [0.2, 0.25) is 0 Å². The molecule has 0 aliphatic carbocycles. The highest BCUT2D eigenvalue weighted by molar-refractivity contribution is 7.90. The number of carbonyl (C=O) groups excluding carboxylic acids is 1. The zero-order valence-corrected chi connectivity index (χ0v) is 16.3. The zero-order chi connectivity index (χ0) is 19.1. The summed E-state index contributed by atoms with van der Waals surface area (Å²) < 4.78 is 23.2. The fourth-order valence-electron chi connectivity index (χ4n) is 2.38. The van der Waals surface area contributed by atoms with E-state index in [0.717, 1.165) is 6.26 Å². The second kappa shape index (κ2) is 7.04. The number of pyridine rings is 1. The molecule has 0 fully saturated rings. The average molecular weight is 430 g/mol. The third-order valence-corrected chi connectivity index (χ3v) is 5.68. The lowest BCUT2D eigenvalue weighted by molar-refractivity contribution is 0.102. The molecule has 0 aliphatic heterocycles. The van der Waals surface area contributed by atoms with E-state index in [1.165, 1.54) is 24.3 Å². The van der Waals surface area contributed by atoms with Gasteiger partial charge in [-0.1, -0.05) is 34.8 Å². The Labute approximate surface area is 164 Å². The number of nitrogens with zero attached hydrogens (tertiary/aromatic N) is 1. The van der Waals surface area contributed by atoms with Gasteiger partial charge in [-0.2, -0.15) is 0 Å². The van der Waals surface area contributed by atoms with Crippen LogP contribution in [0.1, 0.15) is 10.4 Å². The SMILES string of the molecule is CS(=O)(=O)c1ccc(C(=O)Nc2c(Cl)cc(Cl)c3cccnc23)c(Cl)c1. The topological polar surface area (TPSA) is 76.1 Å². The molecule has 0 spiro atoms. The molecule has 3 aromatic rings. The predicted molar refractivity (Wildman–Crippen MR) is 104 cm³/mol. The molecule has 0 radical (unpaired) electrons. The van der Waals surface area contributed by atoms with Crippen molar-refractivity contribution in [2.75, 3.05) is 11.6 Å². The van der Waals surface area contributed by atoms with E-state index in [2.05, 4.69) is 10.3 Å². The summed E-state index contributed by atoms with van der Waals surface area (Å²) in [6.07, 6.45) is 2.61. The lowest BCUT2D eigenvalue weighted by Crippen LogP contribution is -2.14. The summed E-state index contributed by atoms with van der Waals surface area (Å²) in [6, 6.07) is 8.87. The molecule has 1 aromatic heterocycles. The molecule has 0 saturated heterocycles. The van der Waals surface area contributed by atoms with Crippen molar-refractivity contribution in [2.24, 2.45) is 0 Å². The fraction of sp³-hybridized carbons (Fsp3) is 0.0588. The number of sulfone groups is 1. The van der Waals surface area contributed by atoms with E-state index in [0.29, 0.717) is 21.6 Å². The van der Waals surface area contributed by atoms with Crippen LogP contribution in [0.25, 0.3) is 10.9 Å². The predicted octanol–water partition coefficient (Wildman–Crippen LogP) is 4.85. The highest BCUT2D eigenvalue weighted by atomic mass is 35.5. The van der Waals surface area contributed by atoms with Crippen molar-refractivity contribution in [3.05, 3.63) is 63.2 Å². The first-order valence-corrected chi connectivity index (χ1v) is 10.2. The summed E-state index contributed by atoms with van der Waals surface area (Å²) in [5.74, 6) is -0.550. The van der Waals surface area contributed by atoms with E-state index in [1.807, 2.05) is 0 Å². The van der Waals surface area contributed by atoms with E-state index in [-0.39, 0.29) is 20.5 Å². The van der Waals surface area contributed by atoms with Crippen LogP contribution in [0.3, 0.4) is 0 Å². The third kappa shape index (κ3) is 3.64. The quantitative estimate of drug-likeness (QED) is 0.645. The van der Waals surface area contributed by atoms with Gasteiger partial charge in [-0.25, -0.2) is 8.42 Å². The highest BCUT2D eigenvalue weighted by Crippen LogP contribution is 2.35. The Kier molecular flexibility index (Phi) is 5.12. The van der Waals surface area contributed by atoms with Crippen molar-refractivity contribution in [3.63, 3.8) is 0 Å². The molecule has 1 amide bonds. The second-order valence-corrected chi connectivity index (χ2v) is 8.72. The van der Waals surface area contributed by atoms with Crippen molar-refractivity contribution in [1.29, 1.82) is 0 Å². The molecule has 2 aromatic carbocycles. The van der Waals surface area contributed by atoms with Crippen molar-refractivity contribution < 1.29 is 13.2 Å². The summed E-state index contributed by atoms with van der Waals surface area (Å²) in [5.41, 5.74) is 0.830. The molecule has 0 atom stereocenters. The Morgan fingerprint density at radius 1 is 1.04 bits per heavy atom. The summed E-state index contributed by atoms with van der Waals surface area (Å²) in [7, 11) is -3.43. The van der Waals surface area contributed by atoms with E-state index in [4.69, 9.17) is 34.8 Å². The molecular weight excluding hydrogens is 419 g/mol. The summed E-state index contributed by atoms with van der Waals surface area (Å²) >= 11 is 18.5. The summed E-state index contributed by atoms with van der Waals surface area (Å²) in [4.78, 5) is 16.9. The van der Waals surface area contributed by atoms with Crippen LogP contribution in [-0.4, -0.2) is 25.6 Å². The van der Waals surface area contributed by atoms with Crippen LogP contribution in [0.15, 0.2) is 47.5 Å². The molecule has 5 nitrogen and oxygen atoms in total. The number of fused-ring (bicyclic) bond motifs is 1. The first-order chi connectivity index (χ1) is 12.2. The molecule has 134 valence electrons.